The van der Waals surface area contributed by atoms with Gasteiger partial charge in [0.05, 0.1) is 0 Å². The molecule has 0 saturated heterocycles. The Labute approximate surface area is 172 Å². The molecule has 1 amide bonds. The molecule has 1 N–H and O–H groups in total. The molecular formula is C23H27N5O. The molecule has 1 aromatic carbocycles. The van der Waals surface area contributed by atoms with Crippen molar-refractivity contribution in [3.8, 4) is 0 Å². The van der Waals surface area contributed by atoms with Crippen LogP contribution in [-0.4, -0.2) is 34.7 Å². The normalized spacial score (nSPS) is 11.2. The van der Waals surface area contributed by atoms with Gasteiger partial charge in [-0.25, -0.2) is 0 Å². The number of likely N-dealkylation sites (N-methyl/N-ethyl adjacent to an activating group) is 1. The van der Waals surface area contributed by atoms with E-state index in [1.54, 1.807) is 18.5 Å². The van der Waals surface area contributed by atoms with Gasteiger partial charge >= 0.3 is 0 Å². The van der Waals surface area contributed by atoms with Crippen LogP contribution in [0.4, 0.5) is 11.5 Å². The maximum atomic E-state index is 12.5. The van der Waals surface area contributed by atoms with Crippen LogP contribution in [0.15, 0.2) is 60.9 Å². The molecule has 2 heterocycles. The van der Waals surface area contributed by atoms with E-state index in [1.165, 1.54) is 11.1 Å². The Morgan fingerprint density at radius 3 is 2.24 bits per heavy atom. The van der Waals surface area contributed by atoms with Gasteiger partial charge in [0.15, 0.2) is 11.5 Å². The average Bonchev–Trinajstić information content (AvgIpc) is 2.72. The van der Waals surface area contributed by atoms with E-state index in [0.717, 1.165) is 24.5 Å². The highest BCUT2D eigenvalue weighted by atomic mass is 16.1. The third-order valence-corrected chi connectivity index (χ3v) is 4.77. The van der Waals surface area contributed by atoms with Gasteiger partial charge in [0.25, 0.3) is 5.91 Å². The van der Waals surface area contributed by atoms with Gasteiger partial charge in [-0.1, -0.05) is 32.9 Å². The Hall–Kier alpha value is -3.28. The molecule has 6 heteroatoms. The first-order valence-electron chi connectivity index (χ1n) is 9.68. The number of hydrogen-bond acceptors (Lipinski definition) is 5. The topological polar surface area (TPSA) is 71.0 Å². The Morgan fingerprint density at radius 1 is 0.966 bits per heavy atom. The summed E-state index contributed by atoms with van der Waals surface area (Å²) >= 11 is 0. The zero-order valence-electron chi connectivity index (χ0n) is 17.4. The van der Waals surface area contributed by atoms with E-state index >= 15 is 0 Å². The SMILES string of the molecule is CN(CCc1ccncc1)c1ccc(C(=O)Nc2ccc(C(C)(C)C)cc2)nn1. The minimum Gasteiger partial charge on any atom is -0.358 e. The van der Waals surface area contributed by atoms with Crippen LogP contribution in [-0.2, 0) is 11.8 Å². The monoisotopic (exact) mass is 389 g/mol. The Kier molecular flexibility index (Phi) is 6.22. The predicted octanol–water partition coefficient (Wildman–Crippen LogP) is 4.10. The summed E-state index contributed by atoms with van der Waals surface area (Å²) in [7, 11) is 1.96. The summed E-state index contributed by atoms with van der Waals surface area (Å²) in [5, 5.41) is 11.2. The molecule has 0 bridgehead atoms. The molecule has 0 saturated carbocycles. The fourth-order valence-corrected chi connectivity index (χ4v) is 2.86. The fourth-order valence-electron chi connectivity index (χ4n) is 2.86. The van der Waals surface area contributed by atoms with Crippen LogP contribution in [0, 0.1) is 0 Å². The molecule has 0 aliphatic rings. The third-order valence-electron chi connectivity index (χ3n) is 4.77. The van der Waals surface area contributed by atoms with Crippen molar-refractivity contribution < 1.29 is 4.79 Å². The lowest BCUT2D eigenvalue weighted by Crippen LogP contribution is -2.22. The Balaban J connectivity index is 1.58. The number of rotatable bonds is 6. The van der Waals surface area contributed by atoms with Gasteiger partial charge in [0, 0.05) is 31.7 Å². The number of anilines is 2. The zero-order valence-corrected chi connectivity index (χ0v) is 17.4. The molecule has 150 valence electrons. The molecule has 0 spiro atoms. The smallest absolute Gasteiger partial charge is 0.276 e. The van der Waals surface area contributed by atoms with Gasteiger partial charge in [0.1, 0.15) is 0 Å². The van der Waals surface area contributed by atoms with Gasteiger partial charge in [0.2, 0.25) is 0 Å². The molecule has 3 rings (SSSR count). The molecule has 0 radical (unpaired) electrons. The fraction of sp³-hybridized carbons (Fsp3) is 0.304. The number of benzene rings is 1. The molecule has 0 unspecified atom stereocenters. The van der Waals surface area contributed by atoms with E-state index < -0.39 is 0 Å². The minimum atomic E-state index is -0.271. The average molecular weight is 390 g/mol. The highest BCUT2D eigenvalue weighted by molar-refractivity contribution is 6.02. The molecule has 0 fully saturated rings. The first-order valence-corrected chi connectivity index (χ1v) is 9.68. The summed E-state index contributed by atoms with van der Waals surface area (Å²) < 4.78 is 0. The number of nitrogens with one attached hydrogen (secondary N) is 1. The van der Waals surface area contributed by atoms with Crippen molar-refractivity contribution in [3.05, 3.63) is 77.7 Å². The van der Waals surface area contributed by atoms with Crippen LogP contribution in [0.25, 0.3) is 0 Å². The van der Waals surface area contributed by atoms with E-state index in [1.807, 2.05) is 54.4 Å². The lowest BCUT2D eigenvalue weighted by molar-refractivity contribution is 0.102. The van der Waals surface area contributed by atoms with E-state index in [-0.39, 0.29) is 17.0 Å². The van der Waals surface area contributed by atoms with Gasteiger partial charge in [-0.3, -0.25) is 9.78 Å². The van der Waals surface area contributed by atoms with Crippen LogP contribution >= 0.6 is 0 Å². The van der Waals surface area contributed by atoms with Gasteiger partial charge in [-0.2, -0.15) is 0 Å². The summed E-state index contributed by atoms with van der Waals surface area (Å²) in [5.41, 5.74) is 3.54. The molecule has 0 aliphatic heterocycles. The molecule has 0 atom stereocenters. The molecule has 29 heavy (non-hydrogen) atoms. The number of carbonyl (C=O) groups is 1. The van der Waals surface area contributed by atoms with Crippen LogP contribution in [0.1, 0.15) is 42.4 Å². The molecule has 3 aromatic rings. The second kappa shape index (κ2) is 8.82. The zero-order chi connectivity index (χ0) is 20.9. The van der Waals surface area contributed by atoms with Gasteiger partial charge < -0.3 is 10.2 Å². The first-order chi connectivity index (χ1) is 13.8. The summed E-state index contributed by atoms with van der Waals surface area (Å²) in [6.07, 6.45) is 4.46. The van der Waals surface area contributed by atoms with Crippen LogP contribution in [0.2, 0.25) is 0 Å². The number of carbonyl (C=O) groups excluding carboxylic acids is 1. The number of pyridine rings is 1. The minimum absolute atomic E-state index is 0.0767. The largest absolute Gasteiger partial charge is 0.358 e. The standard InChI is InChI=1S/C23H27N5O/c1-23(2,3)18-5-7-19(8-6-18)25-22(29)20-9-10-21(27-26-20)28(4)16-13-17-11-14-24-15-12-17/h5-12,14-15H,13,16H2,1-4H3,(H,25,29). The maximum absolute atomic E-state index is 12.5. The molecule has 6 nitrogen and oxygen atoms in total. The number of amides is 1. The van der Waals surface area contributed by atoms with E-state index in [0.29, 0.717) is 0 Å². The quantitative estimate of drug-likeness (QED) is 0.687. The highest BCUT2D eigenvalue weighted by Crippen LogP contribution is 2.23. The van der Waals surface area contributed by atoms with E-state index in [9.17, 15) is 4.79 Å². The number of nitrogens with zero attached hydrogens (tertiary/aromatic N) is 4. The van der Waals surface area contributed by atoms with Crippen molar-refractivity contribution in [1.29, 1.82) is 0 Å². The Bertz CT molecular complexity index is 932. The summed E-state index contributed by atoms with van der Waals surface area (Å²) in [4.78, 5) is 18.5. The molecule has 0 aliphatic carbocycles. The Morgan fingerprint density at radius 2 is 1.66 bits per heavy atom. The number of aromatic nitrogens is 3. The first kappa shape index (κ1) is 20.5. The highest BCUT2D eigenvalue weighted by Gasteiger charge is 2.14. The van der Waals surface area contributed by atoms with Crippen molar-refractivity contribution in [2.24, 2.45) is 0 Å². The molecule has 2 aromatic heterocycles. The predicted molar refractivity (Wildman–Crippen MR) is 116 cm³/mol. The van der Waals surface area contributed by atoms with E-state index in [4.69, 9.17) is 0 Å². The van der Waals surface area contributed by atoms with E-state index in [2.05, 4.69) is 41.3 Å². The summed E-state index contributed by atoms with van der Waals surface area (Å²) in [6.45, 7) is 7.27. The van der Waals surface area contributed by atoms with Gasteiger partial charge in [-0.05, 0) is 59.4 Å². The lowest BCUT2D eigenvalue weighted by atomic mass is 9.87. The van der Waals surface area contributed by atoms with Crippen molar-refractivity contribution in [1.82, 2.24) is 15.2 Å². The summed E-state index contributed by atoms with van der Waals surface area (Å²) in [6, 6.07) is 15.4. The van der Waals surface area contributed by atoms with Gasteiger partial charge in [-0.15, -0.1) is 10.2 Å². The second-order valence-corrected chi connectivity index (χ2v) is 8.09. The lowest BCUT2D eigenvalue weighted by Gasteiger charge is -2.19. The maximum Gasteiger partial charge on any atom is 0.276 e. The molecular weight excluding hydrogens is 362 g/mol. The van der Waals surface area contributed by atoms with Crippen LogP contribution < -0.4 is 10.2 Å². The van der Waals surface area contributed by atoms with Crippen LogP contribution in [0.3, 0.4) is 0 Å². The van der Waals surface area contributed by atoms with Crippen LogP contribution in [0.5, 0.6) is 0 Å². The van der Waals surface area contributed by atoms with Crippen molar-refractivity contribution in [2.45, 2.75) is 32.6 Å². The van der Waals surface area contributed by atoms with Crippen molar-refractivity contribution in [2.75, 3.05) is 23.8 Å². The summed E-state index contributed by atoms with van der Waals surface area (Å²) in [5.74, 6) is 0.456. The second-order valence-electron chi connectivity index (χ2n) is 8.09. The number of hydrogen-bond donors (Lipinski definition) is 1. The van der Waals surface area contributed by atoms with Crippen molar-refractivity contribution in [3.63, 3.8) is 0 Å². The third kappa shape index (κ3) is 5.60. The van der Waals surface area contributed by atoms with Crippen molar-refractivity contribution >= 4 is 17.4 Å².